The topological polar surface area (TPSA) is 75.2 Å². The van der Waals surface area contributed by atoms with Gasteiger partial charge in [0.05, 0.1) is 11.9 Å². The van der Waals surface area contributed by atoms with E-state index in [0.717, 1.165) is 45.3 Å². The average molecular weight is 389 g/mol. The van der Waals surface area contributed by atoms with Crippen LogP contribution >= 0.6 is 0 Å². The lowest BCUT2D eigenvalue weighted by molar-refractivity contribution is 0.447. The average Bonchev–Trinajstić information content (AvgIpc) is 2.68. The van der Waals surface area contributed by atoms with Crippen LogP contribution in [-0.2, 0) is 16.3 Å². The molecule has 1 unspecified atom stereocenters. The van der Waals surface area contributed by atoms with Crippen LogP contribution in [0.25, 0.3) is 0 Å². The van der Waals surface area contributed by atoms with E-state index in [4.69, 9.17) is 0 Å². The lowest BCUT2D eigenvalue weighted by Gasteiger charge is -2.25. The number of anilines is 1. The molecule has 27 heavy (non-hydrogen) atoms. The Hall–Kier alpha value is -1.99. The quantitative estimate of drug-likeness (QED) is 0.785. The summed E-state index contributed by atoms with van der Waals surface area (Å²) in [7, 11) is -1.39. The predicted molar refractivity (Wildman–Crippen MR) is 108 cm³/mol. The number of aryl methyl sites for hydroxylation is 1. The van der Waals surface area contributed by atoms with Crippen molar-refractivity contribution in [2.45, 2.75) is 36.5 Å². The van der Waals surface area contributed by atoms with Gasteiger partial charge in [0.15, 0.2) is 9.84 Å². The van der Waals surface area contributed by atoms with E-state index in [1.54, 1.807) is 0 Å². The molecule has 1 atom stereocenters. The Morgan fingerprint density at radius 3 is 2.70 bits per heavy atom. The Kier molecular flexibility index (Phi) is 6.44. The number of aromatic nitrogens is 2. The fourth-order valence-electron chi connectivity index (χ4n) is 3.49. The zero-order valence-corrected chi connectivity index (χ0v) is 16.9. The third-order valence-electron chi connectivity index (χ3n) is 5.00. The van der Waals surface area contributed by atoms with Crippen LogP contribution in [0.3, 0.4) is 0 Å². The van der Waals surface area contributed by atoms with Crippen molar-refractivity contribution in [3.8, 4) is 0 Å². The van der Waals surface area contributed by atoms with Gasteiger partial charge in [-0.15, -0.1) is 0 Å². The molecule has 2 heterocycles. The molecule has 1 N–H and O–H groups in total. The van der Waals surface area contributed by atoms with Gasteiger partial charge in [0.2, 0.25) is 5.95 Å². The molecular weight excluding hydrogens is 360 g/mol. The SMILES string of the molecule is CN(CCCc1ccccc1)c1ncc(S(C)(=O)=O)c(C2CCCNC2)n1. The lowest BCUT2D eigenvalue weighted by atomic mass is 9.96. The van der Waals surface area contributed by atoms with Crippen molar-refractivity contribution in [3.05, 3.63) is 47.8 Å². The van der Waals surface area contributed by atoms with Crippen LogP contribution in [0, 0.1) is 0 Å². The van der Waals surface area contributed by atoms with Crippen LogP contribution < -0.4 is 10.2 Å². The summed E-state index contributed by atoms with van der Waals surface area (Å²) in [6.07, 6.45) is 6.66. The van der Waals surface area contributed by atoms with Gasteiger partial charge in [0.1, 0.15) is 4.90 Å². The molecule has 0 amide bonds. The molecule has 1 aromatic carbocycles. The highest BCUT2D eigenvalue weighted by Crippen LogP contribution is 2.28. The van der Waals surface area contributed by atoms with Crippen molar-refractivity contribution in [2.24, 2.45) is 0 Å². The van der Waals surface area contributed by atoms with Crippen LogP contribution in [0.5, 0.6) is 0 Å². The molecule has 1 aliphatic heterocycles. The Bertz CT molecular complexity index is 850. The number of nitrogens with zero attached hydrogens (tertiary/aromatic N) is 3. The third kappa shape index (κ3) is 5.26. The molecule has 3 rings (SSSR count). The van der Waals surface area contributed by atoms with Crippen LogP contribution in [0.15, 0.2) is 41.4 Å². The van der Waals surface area contributed by atoms with Crippen molar-refractivity contribution in [2.75, 3.05) is 37.8 Å². The summed E-state index contributed by atoms with van der Waals surface area (Å²) in [5.74, 6) is 0.707. The number of sulfone groups is 1. The lowest BCUT2D eigenvalue weighted by Crippen LogP contribution is -2.30. The van der Waals surface area contributed by atoms with Gasteiger partial charge in [-0.1, -0.05) is 30.3 Å². The number of benzene rings is 1. The summed E-state index contributed by atoms with van der Waals surface area (Å²) in [4.78, 5) is 11.3. The highest BCUT2D eigenvalue weighted by Gasteiger charge is 2.25. The number of hydrogen-bond acceptors (Lipinski definition) is 6. The van der Waals surface area contributed by atoms with E-state index in [0.29, 0.717) is 11.6 Å². The molecule has 2 aromatic rings. The van der Waals surface area contributed by atoms with Gasteiger partial charge in [0.25, 0.3) is 0 Å². The minimum atomic E-state index is -3.35. The highest BCUT2D eigenvalue weighted by atomic mass is 32.2. The molecule has 0 radical (unpaired) electrons. The van der Waals surface area contributed by atoms with Gasteiger partial charge in [-0.2, -0.15) is 0 Å². The maximum absolute atomic E-state index is 12.2. The minimum absolute atomic E-state index is 0.114. The smallest absolute Gasteiger partial charge is 0.225 e. The summed E-state index contributed by atoms with van der Waals surface area (Å²) in [5.41, 5.74) is 1.97. The molecule has 7 heteroatoms. The van der Waals surface area contributed by atoms with E-state index >= 15 is 0 Å². The number of hydrogen-bond donors (Lipinski definition) is 1. The molecule has 6 nitrogen and oxygen atoms in total. The van der Waals surface area contributed by atoms with Crippen LogP contribution in [0.4, 0.5) is 5.95 Å². The van der Waals surface area contributed by atoms with Gasteiger partial charge >= 0.3 is 0 Å². The van der Waals surface area contributed by atoms with E-state index in [9.17, 15) is 8.42 Å². The van der Waals surface area contributed by atoms with Gasteiger partial charge < -0.3 is 10.2 Å². The summed E-state index contributed by atoms with van der Waals surface area (Å²) in [5, 5.41) is 3.34. The molecule has 0 spiro atoms. The van der Waals surface area contributed by atoms with Gasteiger partial charge in [-0.3, -0.25) is 0 Å². The molecule has 0 bridgehead atoms. The fraction of sp³-hybridized carbons (Fsp3) is 0.500. The minimum Gasteiger partial charge on any atom is -0.344 e. The predicted octanol–water partition coefficient (Wildman–Crippen LogP) is 2.42. The fourth-order valence-corrected chi connectivity index (χ4v) is 4.32. The molecule has 0 saturated carbocycles. The Morgan fingerprint density at radius 2 is 2.04 bits per heavy atom. The van der Waals surface area contributed by atoms with Crippen molar-refractivity contribution in [1.29, 1.82) is 0 Å². The molecule has 1 aliphatic rings. The second-order valence-electron chi connectivity index (χ2n) is 7.25. The Labute approximate surface area is 162 Å². The first-order valence-electron chi connectivity index (χ1n) is 9.48. The van der Waals surface area contributed by atoms with E-state index in [-0.39, 0.29) is 10.8 Å². The highest BCUT2D eigenvalue weighted by molar-refractivity contribution is 7.90. The normalized spacial score (nSPS) is 17.6. The second kappa shape index (κ2) is 8.80. The summed E-state index contributed by atoms with van der Waals surface area (Å²) in [6.45, 7) is 2.55. The number of rotatable bonds is 7. The first-order chi connectivity index (χ1) is 12.9. The van der Waals surface area contributed by atoms with Crippen LogP contribution in [-0.4, -0.2) is 51.3 Å². The first kappa shape index (κ1) is 19.8. The van der Waals surface area contributed by atoms with Crippen molar-refractivity contribution >= 4 is 15.8 Å². The zero-order chi connectivity index (χ0) is 19.3. The molecule has 146 valence electrons. The number of piperidine rings is 1. The Balaban J connectivity index is 1.74. The molecular formula is C20H28N4O2S. The standard InChI is InChI=1S/C20H28N4O2S/c1-24(13-7-10-16-8-4-3-5-9-16)20-22-15-18(27(2,25)26)19(23-20)17-11-6-12-21-14-17/h3-5,8-9,15,17,21H,6-7,10-14H2,1-2H3. The van der Waals surface area contributed by atoms with Crippen LogP contribution in [0.1, 0.15) is 36.4 Å². The first-order valence-corrected chi connectivity index (χ1v) is 11.4. The summed E-state index contributed by atoms with van der Waals surface area (Å²) >= 11 is 0. The Morgan fingerprint density at radius 1 is 1.26 bits per heavy atom. The molecule has 0 aliphatic carbocycles. The second-order valence-corrected chi connectivity index (χ2v) is 9.23. The maximum atomic E-state index is 12.2. The van der Waals surface area contributed by atoms with Gasteiger partial charge in [0, 0.05) is 32.3 Å². The van der Waals surface area contributed by atoms with E-state index < -0.39 is 9.84 Å². The monoisotopic (exact) mass is 388 g/mol. The third-order valence-corrected chi connectivity index (χ3v) is 6.11. The molecule has 1 saturated heterocycles. The van der Waals surface area contributed by atoms with Gasteiger partial charge in [-0.25, -0.2) is 18.4 Å². The van der Waals surface area contributed by atoms with Crippen molar-refractivity contribution in [3.63, 3.8) is 0 Å². The largest absolute Gasteiger partial charge is 0.344 e. The van der Waals surface area contributed by atoms with Crippen molar-refractivity contribution in [1.82, 2.24) is 15.3 Å². The summed E-state index contributed by atoms with van der Waals surface area (Å²) in [6, 6.07) is 10.4. The molecule has 1 fully saturated rings. The maximum Gasteiger partial charge on any atom is 0.225 e. The van der Waals surface area contributed by atoms with Crippen molar-refractivity contribution < 1.29 is 8.42 Å². The molecule has 1 aromatic heterocycles. The zero-order valence-electron chi connectivity index (χ0n) is 16.1. The van der Waals surface area contributed by atoms with E-state index in [1.165, 1.54) is 18.0 Å². The van der Waals surface area contributed by atoms with Crippen LogP contribution in [0.2, 0.25) is 0 Å². The van der Waals surface area contributed by atoms with E-state index in [1.807, 2.05) is 18.0 Å². The van der Waals surface area contributed by atoms with E-state index in [2.05, 4.69) is 39.6 Å². The summed E-state index contributed by atoms with van der Waals surface area (Å²) < 4.78 is 24.4. The van der Waals surface area contributed by atoms with Gasteiger partial charge in [-0.05, 0) is 37.8 Å². The number of nitrogens with one attached hydrogen (secondary N) is 1.